The minimum atomic E-state index is -4.18. The first-order chi connectivity index (χ1) is 15.8. The third-order valence-electron chi connectivity index (χ3n) is 5.65. The topological polar surface area (TPSA) is 92.7 Å². The summed E-state index contributed by atoms with van der Waals surface area (Å²) in [6, 6.07) is 11.5. The molecule has 1 atom stereocenters. The number of fused-ring (bicyclic) bond motifs is 1. The molecule has 4 rings (SSSR count). The van der Waals surface area contributed by atoms with Crippen LogP contribution in [0.3, 0.4) is 0 Å². The van der Waals surface area contributed by atoms with Crippen molar-refractivity contribution in [2.45, 2.75) is 24.4 Å². The Morgan fingerprint density at radius 3 is 2.64 bits per heavy atom. The van der Waals surface area contributed by atoms with Gasteiger partial charge in [0.1, 0.15) is 10.7 Å². The molecule has 0 unspecified atom stereocenters. The maximum Gasteiger partial charge on any atom is 0.244 e. The van der Waals surface area contributed by atoms with E-state index in [0.29, 0.717) is 5.69 Å². The van der Waals surface area contributed by atoms with Crippen LogP contribution >= 0.6 is 0 Å². The van der Waals surface area contributed by atoms with Crippen LogP contribution in [-0.2, 0) is 26.1 Å². The number of carbonyl (C=O) groups excluding carboxylic acids is 1. The molecule has 1 fully saturated rings. The highest BCUT2D eigenvalue weighted by atomic mass is 32.2. The minimum Gasteiger partial charge on any atom is -0.379 e. The summed E-state index contributed by atoms with van der Waals surface area (Å²) in [6.07, 6.45) is 2.02. The molecular formula is C23H27FN4O4S. The predicted octanol–water partition coefficient (Wildman–Crippen LogP) is 2.42. The molecule has 1 aliphatic rings. The quantitative estimate of drug-likeness (QED) is 0.523. The molecule has 2 heterocycles. The molecular weight excluding hydrogens is 447 g/mol. The average Bonchev–Trinajstić information content (AvgIpc) is 3.20. The Labute approximate surface area is 192 Å². The van der Waals surface area contributed by atoms with Gasteiger partial charge >= 0.3 is 0 Å². The second-order valence-corrected chi connectivity index (χ2v) is 9.68. The van der Waals surface area contributed by atoms with Crippen molar-refractivity contribution in [1.82, 2.24) is 14.2 Å². The standard InChI is InChI=1S/C23H27FN4O4S/c1-17(26-33(30,31)22-5-3-2-4-20(22)24)23(29)25-19-6-7-21-18(16-19)8-9-28(21)11-10-27-12-14-32-15-13-27/h2-9,16-17,26H,10-15H2,1H3,(H,25,29)/t17-/m0/s1. The highest BCUT2D eigenvalue weighted by molar-refractivity contribution is 7.89. The molecule has 1 amide bonds. The summed E-state index contributed by atoms with van der Waals surface area (Å²) in [6.45, 7) is 6.61. The molecule has 1 aromatic heterocycles. The molecule has 0 saturated carbocycles. The van der Waals surface area contributed by atoms with Crippen LogP contribution in [0.4, 0.5) is 10.1 Å². The van der Waals surface area contributed by atoms with E-state index in [1.807, 2.05) is 24.4 Å². The van der Waals surface area contributed by atoms with E-state index in [1.54, 1.807) is 6.07 Å². The van der Waals surface area contributed by atoms with Gasteiger partial charge in [-0.15, -0.1) is 0 Å². The van der Waals surface area contributed by atoms with E-state index in [4.69, 9.17) is 4.74 Å². The number of benzene rings is 2. The number of nitrogens with one attached hydrogen (secondary N) is 2. The van der Waals surface area contributed by atoms with Crippen LogP contribution < -0.4 is 10.0 Å². The zero-order valence-electron chi connectivity index (χ0n) is 18.3. The number of sulfonamides is 1. The van der Waals surface area contributed by atoms with Gasteiger partial charge in [-0.25, -0.2) is 12.8 Å². The van der Waals surface area contributed by atoms with Gasteiger partial charge in [0.25, 0.3) is 0 Å². The first-order valence-electron chi connectivity index (χ1n) is 10.8. The highest BCUT2D eigenvalue weighted by Gasteiger charge is 2.24. The number of anilines is 1. The molecule has 0 aliphatic carbocycles. The summed E-state index contributed by atoms with van der Waals surface area (Å²) >= 11 is 0. The Hall–Kier alpha value is -2.79. The molecule has 8 nitrogen and oxygen atoms in total. The number of amides is 1. The van der Waals surface area contributed by atoms with Crippen molar-refractivity contribution < 1.29 is 22.3 Å². The molecule has 1 aliphatic heterocycles. The number of nitrogens with zero attached hydrogens (tertiary/aromatic N) is 2. The number of halogens is 1. The van der Waals surface area contributed by atoms with Crippen LogP contribution in [0.15, 0.2) is 59.6 Å². The molecule has 10 heteroatoms. The number of carbonyl (C=O) groups is 1. The van der Waals surface area contributed by atoms with Crippen LogP contribution in [0.25, 0.3) is 10.9 Å². The van der Waals surface area contributed by atoms with Crippen molar-refractivity contribution >= 4 is 32.5 Å². The van der Waals surface area contributed by atoms with E-state index in [2.05, 4.69) is 19.5 Å². The van der Waals surface area contributed by atoms with E-state index >= 15 is 0 Å². The Balaban J connectivity index is 1.39. The fourth-order valence-corrected chi connectivity index (χ4v) is 5.09. The third kappa shape index (κ3) is 5.59. The Morgan fingerprint density at radius 1 is 1.12 bits per heavy atom. The third-order valence-corrected chi connectivity index (χ3v) is 7.22. The average molecular weight is 475 g/mol. The molecule has 2 N–H and O–H groups in total. The van der Waals surface area contributed by atoms with E-state index in [1.165, 1.54) is 19.1 Å². The summed E-state index contributed by atoms with van der Waals surface area (Å²) in [7, 11) is -4.18. The van der Waals surface area contributed by atoms with Crippen LogP contribution in [0, 0.1) is 5.82 Å². The fourth-order valence-electron chi connectivity index (χ4n) is 3.81. The highest BCUT2D eigenvalue weighted by Crippen LogP contribution is 2.21. The lowest BCUT2D eigenvalue weighted by Gasteiger charge is -2.26. The summed E-state index contributed by atoms with van der Waals surface area (Å²) in [5.41, 5.74) is 1.60. The Morgan fingerprint density at radius 2 is 1.88 bits per heavy atom. The van der Waals surface area contributed by atoms with Crippen molar-refractivity contribution in [3.63, 3.8) is 0 Å². The lowest BCUT2D eigenvalue weighted by Crippen LogP contribution is -2.41. The van der Waals surface area contributed by atoms with Crippen molar-refractivity contribution in [2.75, 3.05) is 38.2 Å². The van der Waals surface area contributed by atoms with E-state index in [9.17, 15) is 17.6 Å². The van der Waals surface area contributed by atoms with Gasteiger partial charge in [0.05, 0.1) is 19.3 Å². The molecule has 0 spiro atoms. The van der Waals surface area contributed by atoms with Gasteiger partial charge in [0.2, 0.25) is 15.9 Å². The fraction of sp³-hybridized carbons (Fsp3) is 0.348. The van der Waals surface area contributed by atoms with Gasteiger partial charge in [-0.2, -0.15) is 4.72 Å². The monoisotopic (exact) mass is 474 g/mol. The molecule has 1 saturated heterocycles. The van der Waals surface area contributed by atoms with Gasteiger partial charge in [-0.3, -0.25) is 9.69 Å². The number of hydrogen-bond donors (Lipinski definition) is 2. The predicted molar refractivity (Wildman–Crippen MR) is 124 cm³/mol. The van der Waals surface area contributed by atoms with Crippen LogP contribution in [0.5, 0.6) is 0 Å². The number of rotatable bonds is 8. The van der Waals surface area contributed by atoms with Crippen molar-refractivity contribution in [2.24, 2.45) is 0 Å². The lowest BCUT2D eigenvalue weighted by atomic mass is 10.2. The van der Waals surface area contributed by atoms with Crippen LogP contribution in [0.1, 0.15) is 6.92 Å². The van der Waals surface area contributed by atoms with E-state index in [0.717, 1.165) is 62.4 Å². The molecule has 2 aromatic carbocycles. The first kappa shape index (κ1) is 23.4. The van der Waals surface area contributed by atoms with Gasteiger partial charge in [0, 0.05) is 49.0 Å². The Kier molecular flexibility index (Phi) is 7.08. The second kappa shape index (κ2) is 10.0. The van der Waals surface area contributed by atoms with E-state index in [-0.39, 0.29) is 0 Å². The molecule has 176 valence electrons. The zero-order chi connectivity index (χ0) is 23.4. The van der Waals surface area contributed by atoms with Gasteiger partial charge < -0.3 is 14.6 Å². The zero-order valence-corrected chi connectivity index (χ0v) is 19.1. The second-order valence-electron chi connectivity index (χ2n) is 8.00. The minimum absolute atomic E-state index is 0.496. The molecule has 0 bridgehead atoms. The summed E-state index contributed by atoms with van der Waals surface area (Å²) in [5, 5.41) is 3.69. The van der Waals surface area contributed by atoms with Crippen molar-refractivity contribution in [3.8, 4) is 0 Å². The smallest absolute Gasteiger partial charge is 0.244 e. The van der Waals surface area contributed by atoms with Gasteiger partial charge in [-0.05, 0) is 43.3 Å². The van der Waals surface area contributed by atoms with Gasteiger partial charge in [-0.1, -0.05) is 12.1 Å². The maximum atomic E-state index is 13.9. The first-order valence-corrected chi connectivity index (χ1v) is 12.3. The van der Waals surface area contributed by atoms with E-state index < -0.39 is 32.7 Å². The lowest BCUT2D eigenvalue weighted by molar-refractivity contribution is -0.117. The van der Waals surface area contributed by atoms with Crippen LogP contribution in [0.2, 0.25) is 0 Å². The summed E-state index contributed by atoms with van der Waals surface area (Å²) < 4.78 is 48.5. The van der Waals surface area contributed by atoms with Crippen molar-refractivity contribution in [3.05, 3.63) is 60.5 Å². The largest absolute Gasteiger partial charge is 0.379 e. The van der Waals surface area contributed by atoms with Crippen LogP contribution in [-0.4, -0.2) is 62.7 Å². The number of ether oxygens (including phenoxy) is 1. The Bertz CT molecular complexity index is 1240. The van der Waals surface area contributed by atoms with Crippen molar-refractivity contribution in [1.29, 1.82) is 0 Å². The number of hydrogen-bond acceptors (Lipinski definition) is 5. The summed E-state index contributed by atoms with van der Waals surface area (Å²) in [4.78, 5) is 14.4. The summed E-state index contributed by atoms with van der Waals surface area (Å²) in [5.74, 6) is -1.41. The SMILES string of the molecule is C[C@H](NS(=O)(=O)c1ccccc1F)C(=O)Nc1ccc2c(ccn2CCN2CCOCC2)c1. The number of aromatic nitrogens is 1. The number of morpholine rings is 1. The molecule has 3 aromatic rings. The molecule has 0 radical (unpaired) electrons. The maximum absolute atomic E-state index is 13.9. The normalized spacial score (nSPS) is 16.1. The molecule has 33 heavy (non-hydrogen) atoms. The van der Waals surface area contributed by atoms with Gasteiger partial charge in [0.15, 0.2) is 0 Å².